The van der Waals surface area contributed by atoms with Crippen LogP contribution in [0.1, 0.15) is 61.3 Å². The molecule has 0 spiro atoms. The Hall–Kier alpha value is -3.49. The van der Waals surface area contributed by atoms with Crippen LogP contribution in [0.25, 0.3) is 11.2 Å². The number of carbonyl (C=O) groups is 2. The minimum absolute atomic E-state index is 0.0440. The third kappa shape index (κ3) is 5.04. The maximum Gasteiger partial charge on any atom is 0.330 e. The van der Waals surface area contributed by atoms with Gasteiger partial charge in [-0.05, 0) is 20.3 Å². The number of fused-ring (bicyclic) bond motifs is 1. The van der Waals surface area contributed by atoms with Crippen LogP contribution in [-0.2, 0) is 29.2 Å². The number of ketones is 1. The van der Waals surface area contributed by atoms with Crippen molar-refractivity contribution in [3.05, 3.63) is 62.1 Å². The van der Waals surface area contributed by atoms with Crippen molar-refractivity contribution in [3.63, 3.8) is 0 Å². The van der Waals surface area contributed by atoms with E-state index in [1.54, 1.807) is 16.7 Å². The quantitative estimate of drug-likeness (QED) is 0.383. The molecular weight excluding hydrogens is 412 g/mol. The number of nitrogens with one attached hydrogen (secondary N) is 1. The molecule has 0 atom stereocenters. The van der Waals surface area contributed by atoms with Gasteiger partial charge < -0.3 is 9.30 Å². The Morgan fingerprint density at radius 3 is 2.44 bits per heavy atom. The first-order valence-corrected chi connectivity index (χ1v) is 10.8. The van der Waals surface area contributed by atoms with Crippen LogP contribution in [0.3, 0.4) is 0 Å². The second kappa shape index (κ2) is 10.2. The Balaban J connectivity index is 1.72. The number of carbonyl (C=O) groups excluding carboxylic acids is 2. The lowest BCUT2D eigenvalue weighted by Gasteiger charge is -2.07. The summed E-state index contributed by atoms with van der Waals surface area (Å²) in [5, 5.41) is 0. The lowest BCUT2D eigenvalue weighted by molar-refractivity contribution is -0.145. The number of unbranched alkanes of at least 4 members (excludes halogenated alkanes) is 1. The molecule has 0 fully saturated rings. The molecule has 0 aliphatic rings. The molecule has 0 radical (unpaired) electrons. The number of imidazole rings is 1. The summed E-state index contributed by atoms with van der Waals surface area (Å²) >= 11 is 0. The van der Waals surface area contributed by atoms with Crippen LogP contribution < -0.4 is 11.2 Å². The molecule has 3 aromatic rings. The zero-order chi connectivity index (χ0) is 23.3. The van der Waals surface area contributed by atoms with Gasteiger partial charge in [0.25, 0.3) is 5.56 Å². The molecule has 0 amide bonds. The molecule has 1 N–H and O–H groups in total. The van der Waals surface area contributed by atoms with Gasteiger partial charge >= 0.3 is 11.7 Å². The average molecular weight is 441 g/mol. The molecule has 1 aromatic carbocycles. The van der Waals surface area contributed by atoms with Crippen LogP contribution in [0, 0.1) is 6.92 Å². The van der Waals surface area contributed by atoms with E-state index in [1.165, 1.54) is 4.57 Å². The van der Waals surface area contributed by atoms with Crippen molar-refractivity contribution in [2.24, 2.45) is 0 Å². The second-order valence-corrected chi connectivity index (χ2v) is 7.66. The normalized spacial score (nSPS) is 11.1. The molecular formula is C23H28N4O5. The minimum atomic E-state index is -0.530. The first kappa shape index (κ1) is 23.2. The molecule has 9 heteroatoms. The van der Waals surface area contributed by atoms with Crippen molar-refractivity contribution in [2.45, 2.75) is 66.2 Å². The van der Waals surface area contributed by atoms with Gasteiger partial charge in [-0.1, -0.05) is 43.2 Å². The van der Waals surface area contributed by atoms with E-state index in [9.17, 15) is 19.2 Å². The predicted molar refractivity (Wildman–Crippen MR) is 120 cm³/mol. The topological polar surface area (TPSA) is 116 Å². The monoisotopic (exact) mass is 440 g/mol. The summed E-state index contributed by atoms with van der Waals surface area (Å²) in [5.74, 6) is -0.284. The third-order valence-corrected chi connectivity index (χ3v) is 5.31. The minimum Gasteiger partial charge on any atom is -0.457 e. The summed E-state index contributed by atoms with van der Waals surface area (Å²) in [6.45, 7) is 6.49. The summed E-state index contributed by atoms with van der Waals surface area (Å²) in [6.07, 6.45) is 1.63. The lowest BCUT2D eigenvalue weighted by Crippen LogP contribution is -2.31. The number of ether oxygens (including phenoxy) is 1. The number of aromatic amines is 1. The molecule has 32 heavy (non-hydrogen) atoms. The van der Waals surface area contributed by atoms with Gasteiger partial charge in [0.2, 0.25) is 0 Å². The molecule has 0 saturated heterocycles. The molecule has 0 saturated carbocycles. The van der Waals surface area contributed by atoms with E-state index in [-0.39, 0.29) is 36.4 Å². The van der Waals surface area contributed by atoms with Gasteiger partial charge in [-0.25, -0.2) is 9.78 Å². The average Bonchev–Trinajstić information content (AvgIpc) is 3.15. The van der Waals surface area contributed by atoms with Gasteiger partial charge in [-0.15, -0.1) is 0 Å². The Morgan fingerprint density at radius 1 is 1.06 bits per heavy atom. The molecule has 0 unspecified atom stereocenters. The third-order valence-electron chi connectivity index (χ3n) is 5.31. The van der Waals surface area contributed by atoms with E-state index in [4.69, 9.17) is 4.74 Å². The number of hydrogen-bond acceptors (Lipinski definition) is 6. The van der Waals surface area contributed by atoms with E-state index in [0.717, 1.165) is 18.4 Å². The van der Waals surface area contributed by atoms with Crippen molar-refractivity contribution in [2.75, 3.05) is 0 Å². The Labute approximate surface area is 185 Å². The Bertz CT molecular complexity index is 1230. The van der Waals surface area contributed by atoms with Gasteiger partial charge in [0.15, 0.2) is 16.9 Å². The van der Waals surface area contributed by atoms with Crippen LogP contribution in [0.2, 0.25) is 0 Å². The van der Waals surface area contributed by atoms with Crippen molar-refractivity contribution in [1.82, 2.24) is 19.1 Å². The highest BCUT2D eigenvalue weighted by molar-refractivity contribution is 5.97. The first-order valence-electron chi connectivity index (χ1n) is 10.8. The number of nitrogens with zero attached hydrogens (tertiary/aromatic N) is 3. The van der Waals surface area contributed by atoms with Crippen molar-refractivity contribution in [1.29, 1.82) is 0 Å². The maximum absolute atomic E-state index is 12.4. The summed E-state index contributed by atoms with van der Waals surface area (Å²) in [4.78, 5) is 55.9. The summed E-state index contributed by atoms with van der Waals surface area (Å²) in [6, 6.07) is 7.18. The van der Waals surface area contributed by atoms with Gasteiger partial charge in [0.05, 0.1) is 6.42 Å². The second-order valence-electron chi connectivity index (χ2n) is 7.66. The number of benzene rings is 1. The molecule has 170 valence electrons. The van der Waals surface area contributed by atoms with Crippen LogP contribution in [0.15, 0.2) is 33.9 Å². The largest absolute Gasteiger partial charge is 0.457 e. The van der Waals surface area contributed by atoms with E-state index in [0.29, 0.717) is 24.5 Å². The van der Waals surface area contributed by atoms with E-state index < -0.39 is 17.2 Å². The molecule has 9 nitrogen and oxygen atoms in total. The van der Waals surface area contributed by atoms with Crippen molar-refractivity contribution in [3.8, 4) is 0 Å². The van der Waals surface area contributed by atoms with E-state index in [1.807, 2.05) is 32.9 Å². The maximum atomic E-state index is 12.4. The Morgan fingerprint density at radius 2 is 1.78 bits per heavy atom. The lowest BCUT2D eigenvalue weighted by atomic mass is 10.1. The van der Waals surface area contributed by atoms with Gasteiger partial charge in [-0.3, -0.25) is 23.9 Å². The van der Waals surface area contributed by atoms with E-state index in [2.05, 4.69) is 9.97 Å². The number of Topliss-reactive ketones (excluding diaryl/α,β-unsaturated/α-hetero) is 1. The molecule has 2 heterocycles. The number of esters is 1. The zero-order valence-electron chi connectivity index (χ0n) is 18.6. The summed E-state index contributed by atoms with van der Waals surface area (Å²) in [7, 11) is 0. The zero-order valence-corrected chi connectivity index (χ0v) is 18.6. The molecule has 0 aliphatic heterocycles. The summed E-state index contributed by atoms with van der Waals surface area (Å²) < 4.78 is 8.40. The highest BCUT2D eigenvalue weighted by atomic mass is 16.5. The fraction of sp³-hybridized carbons (Fsp3) is 0.435. The number of rotatable bonds is 10. The van der Waals surface area contributed by atoms with E-state index >= 15 is 0 Å². The fourth-order valence-electron chi connectivity index (χ4n) is 3.51. The molecule has 3 rings (SSSR count). The smallest absolute Gasteiger partial charge is 0.330 e. The number of aryl methyl sites for hydroxylation is 3. The van der Waals surface area contributed by atoms with Gasteiger partial charge in [0, 0.05) is 25.1 Å². The number of H-pyrrole nitrogens is 1. The highest BCUT2D eigenvalue weighted by Crippen LogP contribution is 2.14. The fourth-order valence-corrected chi connectivity index (χ4v) is 3.51. The Kier molecular flexibility index (Phi) is 7.40. The number of hydrogen-bond donors (Lipinski definition) is 1. The number of aromatic nitrogens is 4. The van der Waals surface area contributed by atoms with Crippen LogP contribution in [-0.4, -0.2) is 30.9 Å². The molecule has 0 bridgehead atoms. The highest BCUT2D eigenvalue weighted by Gasteiger charge is 2.19. The van der Waals surface area contributed by atoms with Crippen molar-refractivity contribution < 1.29 is 14.3 Å². The first-order chi connectivity index (χ1) is 15.3. The summed E-state index contributed by atoms with van der Waals surface area (Å²) in [5.41, 5.74) is 1.15. The van der Waals surface area contributed by atoms with Crippen LogP contribution >= 0.6 is 0 Å². The van der Waals surface area contributed by atoms with Gasteiger partial charge in [-0.2, -0.15) is 0 Å². The van der Waals surface area contributed by atoms with Crippen molar-refractivity contribution >= 4 is 22.9 Å². The SMILES string of the molecule is CCCCn1c(=O)[nH]c(=O)c2c1nc(COC(=O)CCC(=O)c1ccc(C)cc1)n2CC. The standard InChI is InChI=1S/C23H28N4O5/c1-4-6-13-27-21-20(22(30)25-23(27)31)26(5-2)18(24-21)14-32-19(29)12-11-17(28)16-9-7-15(3)8-10-16/h7-10H,4-6,11-14H2,1-3H3,(H,25,30,31). The molecule has 2 aromatic heterocycles. The van der Waals surface area contributed by atoms with Gasteiger partial charge in [0.1, 0.15) is 12.4 Å². The van der Waals surface area contributed by atoms with Crippen LogP contribution in [0.4, 0.5) is 0 Å². The molecule has 0 aliphatic carbocycles. The van der Waals surface area contributed by atoms with Crippen LogP contribution in [0.5, 0.6) is 0 Å². The predicted octanol–water partition coefficient (Wildman–Crippen LogP) is 2.72.